The molecule has 0 atom stereocenters. The van der Waals surface area contributed by atoms with Crippen LogP contribution in [0.4, 0.5) is 0 Å². The molecular weight excluding hydrogens is 390 g/mol. The fraction of sp³-hybridized carbons (Fsp3) is 0.238. The van der Waals surface area contributed by atoms with Crippen molar-refractivity contribution in [3.8, 4) is 0 Å². The molecular formula is C21H23N3O4S. The van der Waals surface area contributed by atoms with Gasteiger partial charge >= 0.3 is 0 Å². The molecule has 1 heterocycles. The largest absolute Gasteiger partial charge is 0.338 e. The number of benzene rings is 2. The molecule has 0 aliphatic carbocycles. The number of nitrogens with zero attached hydrogens (tertiary/aromatic N) is 2. The first-order valence-corrected chi connectivity index (χ1v) is 10.7. The second-order valence-electron chi connectivity index (χ2n) is 6.73. The minimum Gasteiger partial charge on any atom is -0.338 e. The molecule has 3 aromatic rings. The highest BCUT2D eigenvalue weighted by Crippen LogP contribution is 2.19. The summed E-state index contributed by atoms with van der Waals surface area (Å²) in [6.45, 7) is 2.50. The number of nitrogens with one attached hydrogen (secondary N) is 1. The van der Waals surface area contributed by atoms with E-state index in [4.69, 9.17) is 0 Å². The van der Waals surface area contributed by atoms with Gasteiger partial charge in [-0.05, 0) is 42.1 Å². The summed E-state index contributed by atoms with van der Waals surface area (Å²) in [6.07, 6.45) is 0. The third-order valence-electron chi connectivity index (χ3n) is 4.71. The van der Waals surface area contributed by atoms with Crippen LogP contribution < -0.4 is 5.56 Å². The maximum atomic E-state index is 12.9. The molecule has 29 heavy (non-hydrogen) atoms. The first-order chi connectivity index (χ1) is 13.8. The monoisotopic (exact) mass is 413 g/mol. The van der Waals surface area contributed by atoms with Gasteiger partial charge in [0, 0.05) is 31.7 Å². The van der Waals surface area contributed by atoms with Gasteiger partial charge in [0.15, 0.2) is 0 Å². The molecule has 8 heteroatoms. The summed E-state index contributed by atoms with van der Waals surface area (Å²) in [5.41, 5.74) is 1.28. The highest BCUT2D eigenvalue weighted by atomic mass is 32.2. The van der Waals surface area contributed by atoms with Crippen molar-refractivity contribution in [1.82, 2.24) is 14.2 Å². The van der Waals surface area contributed by atoms with E-state index in [2.05, 4.69) is 4.98 Å². The van der Waals surface area contributed by atoms with Crippen molar-refractivity contribution in [2.75, 3.05) is 20.1 Å². The zero-order valence-corrected chi connectivity index (χ0v) is 17.1. The van der Waals surface area contributed by atoms with Gasteiger partial charge in [-0.1, -0.05) is 30.3 Å². The van der Waals surface area contributed by atoms with Gasteiger partial charge in [0.05, 0.1) is 11.4 Å². The Kier molecular flexibility index (Phi) is 6.14. The number of carbonyl (C=O) groups excluding carboxylic acids is 1. The van der Waals surface area contributed by atoms with Crippen LogP contribution in [0.3, 0.4) is 0 Å². The molecule has 0 fully saturated rings. The molecule has 3 rings (SSSR count). The van der Waals surface area contributed by atoms with Gasteiger partial charge in [-0.15, -0.1) is 0 Å². The number of hydrogen-bond donors (Lipinski definition) is 1. The Morgan fingerprint density at radius 2 is 1.76 bits per heavy atom. The van der Waals surface area contributed by atoms with E-state index in [-0.39, 0.29) is 22.9 Å². The van der Waals surface area contributed by atoms with Gasteiger partial charge < -0.3 is 9.88 Å². The Labute approximate surface area is 169 Å². The summed E-state index contributed by atoms with van der Waals surface area (Å²) in [7, 11) is -2.47. The van der Waals surface area contributed by atoms with Crippen molar-refractivity contribution in [2.45, 2.75) is 18.4 Å². The third-order valence-corrected chi connectivity index (χ3v) is 6.51. The summed E-state index contributed by atoms with van der Waals surface area (Å²) in [5.74, 6) is -0.271. The fourth-order valence-corrected chi connectivity index (χ4v) is 4.18. The van der Waals surface area contributed by atoms with Gasteiger partial charge in [-0.25, -0.2) is 8.42 Å². The fourth-order valence-electron chi connectivity index (χ4n) is 3.03. The van der Waals surface area contributed by atoms with Crippen molar-refractivity contribution < 1.29 is 13.2 Å². The second-order valence-corrected chi connectivity index (χ2v) is 8.77. The van der Waals surface area contributed by atoms with Crippen LogP contribution in [0, 0.1) is 0 Å². The predicted octanol–water partition coefficient (Wildman–Crippen LogP) is 2.20. The van der Waals surface area contributed by atoms with Crippen LogP contribution >= 0.6 is 0 Å². The molecule has 0 saturated carbocycles. The highest BCUT2D eigenvalue weighted by molar-refractivity contribution is 7.89. The van der Waals surface area contributed by atoms with E-state index in [9.17, 15) is 18.0 Å². The number of pyridine rings is 1. The number of aromatic amines is 1. The maximum Gasteiger partial charge on any atom is 0.248 e. The average Bonchev–Trinajstić information content (AvgIpc) is 2.72. The number of rotatable bonds is 7. The zero-order chi connectivity index (χ0) is 21.0. The van der Waals surface area contributed by atoms with Crippen molar-refractivity contribution in [1.29, 1.82) is 0 Å². The van der Waals surface area contributed by atoms with E-state index < -0.39 is 10.0 Å². The molecule has 1 amide bonds. The van der Waals surface area contributed by atoms with E-state index in [1.807, 2.05) is 37.3 Å². The molecule has 0 aliphatic rings. The summed E-state index contributed by atoms with van der Waals surface area (Å²) >= 11 is 0. The van der Waals surface area contributed by atoms with Crippen LogP contribution in [0.1, 0.15) is 12.5 Å². The van der Waals surface area contributed by atoms with Crippen molar-refractivity contribution in [3.05, 3.63) is 76.6 Å². The summed E-state index contributed by atoms with van der Waals surface area (Å²) in [4.78, 5) is 28.4. The van der Waals surface area contributed by atoms with E-state index >= 15 is 0 Å². The number of amides is 1. The quantitative estimate of drug-likeness (QED) is 0.643. The smallest absolute Gasteiger partial charge is 0.248 e. The van der Waals surface area contributed by atoms with Crippen LogP contribution in [0.25, 0.3) is 10.9 Å². The Balaban J connectivity index is 1.77. The van der Waals surface area contributed by atoms with Gasteiger partial charge in [0.1, 0.15) is 0 Å². The van der Waals surface area contributed by atoms with Gasteiger partial charge in [0.2, 0.25) is 21.5 Å². The molecule has 1 N–H and O–H groups in total. The Hall–Kier alpha value is -2.97. The minimum atomic E-state index is -3.86. The molecule has 0 unspecified atom stereocenters. The molecule has 7 nitrogen and oxygen atoms in total. The van der Waals surface area contributed by atoms with Crippen LogP contribution in [0.15, 0.2) is 70.4 Å². The first-order valence-electron chi connectivity index (χ1n) is 9.22. The number of sulfonamides is 1. The minimum absolute atomic E-state index is 0.0680. The number of carbonyl (C=O) groups is 1. The molecule has 152 valence electrons. The lowest BCUT2D eigenvalue weighted by Gasteiger charge is -2.24. The predicted molar refractivity (Wildman–Crippen MR) is 112 cm³/mol. The second kappa shape index (κ2) is 8.59. The van der Waals surface area contributed by atoms with Gasteiger partial charge in [-0.3, -0.25) is 9.59 Å². The molecule has 0 bridgehead atoms. The summed E-state index contributed by atoms with van der Waals surface area (Å²) in [5, 5.41) is 0.602. The summed E-state index contributed by atoms with van der Waals surface area (Å²) < 4.78 is 26.9. The van der Waals surface area contributed by atoms with Crippen molar-refractivity contribution in [2.24, 2.45) is 0 Å². The molecule has 2 aromatic carbocycles. The maximum absolute atomic E-state index is 12.9. The van der Waals surface area contributed by atoms with E-state index in [0.717, 1.165) is 9.87 Å². The number of fused-ring (bicyclic) bond motifs is 1. The van der Waals surface area contributed by atoms with Crippen LogP contribution in [-0.2, 0) is 21.4 Å². The van der Waals surface area contributed by atoms with Gasteiger partial charge in [0.25, 0.3) is 0 Å². The lowest BCUT2D eigenvalue weighted by Crippen LogP contribution is -2.40. The Morgan fingerprint density at radius 3 is 2.45 bits per heavy atom. The Bertz CT molecular complexity index is 1170. The van der Waals surface area contributed by atoms with Crippen LogP contribution in [-0.4, -0.2) is 48.7 Å². The lowest BCUT2D eigenvalue weighted by molar-refractivity contribution is -0.131. The van der Waals surface area contributed by atoms with E-state index in [0.29, 0.717) is 24.0 Å². The highest BCUT2D eigenvalue weighted by Gasteiger charge is 2.25. The summed E-state index contributed by atoms with van der Waals surface area (Å²) in [6, 6.07) is 16.9. The van der Waals surface area contributed by atoms with Gasteiger partial charge in [-0.2, -0.15) is 4.31 Å². The van der Waals surface area contributed by atoms with Crippen molar-refractivity contribution in [3.63, 3.8) is 0 Å². The van der Waals surface area contributed by atoms with E-state index in [1.165, 1.54) is 25.2 Å². The normalized spacial score (nSPS) is 11.7. The molecule has 0 radical (unpaired) electrons. The SMILES string of the molecule is CCN(Cc1ccccc1)C(=O)CN(C)S(=O)(=O)c1ccc2[nH]c(=O)ccc2c1. The molecule has 0 aliphatic heterocycles. The number of aromatic nitrogens is 1. The zero-order valence-electron chi connectivity index (χ0n) is 16.3. The first kappa shape index (κ1) is 20.8. The van der Waals surface area contributed by atoms with Crippen LogP contribution in [0.2, 0.25) is 0 Å². The molecule has 1 aromatic heterocycles. The van der Waals surface area contributed by atoms with E-state index in [1.54, 1.807) is 17.0 Å². The van der Waals surface area contributed by atoms with Crippen molar-refractivity contribution >= 4 is 26.8 Å². The average molecular weight is 413 g/mol. The number of hydrogen-bond acceptors (Lipinski definition) is 4. The topological polar surface area (TPSA) is 90.6 Å². The van der Waals surface area contributed by atoms with Crippen LogP contribution in [0.5, 0.6) is 0 Å². The number of likely N-dealkylation sites (N-methyl/N-ethyl adjacent to an activating group) is 2. The molecule has 0 spiro atoms. The third kappa shape index (κ3) is 4.72. The lowest BCUT2D eigenvalue weighted by atomic mass is 10.2. The number of H-pyrrole nitrogens is 1. The Morgan fingerprint density at radius 1 is 1.03 bits per heavy atom. The standard InChI is InChI=1S/C21H23N3O4S/c1-3-24(14-16-7-5-4-6-8-16)21(26)15-23(2)29(27,28)18-10-11-19-17(13-18)9-12-20(25)22-19/h4-13H,3,14-15H2,1-2H3,(H,22,25). The molecule has 0 saturated heterocycles.